The first-order valence-electron chi connectivity index (χ1n) is 10.4. The van der Waals surface area contributed by atoms with Crippen LogP contribution in [-0.2, 0) is 20.6 Å². The van der Waals surface area contributed by atoms with E-state index in [0.717, 1.165) is 11.3 Å². The standard InChI is InChI=1S/C23H29FN2O4S/c1-17-3-9-22(10-4-17)30-15-18(2)25-23(27)20-11-13-26(14-12-20)31(28,29)16-19-5-7-21(24)8-6-19/h3-10,18,20H,11-16H2,1-2H3,(H,25,27)/t18-/m0/s1. The van der Waals surface area contributed by atoms with E-state index in [0.29, 0.717) is 38.1 Å². The number of ether oxygens (including phenoxy) is 1. The molecule has 0 bridgehead atoms. The van der Waals surface area contributed by atoms with Crippen LogP contribution >= 0.6 is 0 Å². The lowest BCUT2D eigenvalue weighted by molar-refractivity contribution is -0.126. The molecule has 1 heterocycles. The predicted molar refractivity (Wildman–Crippen MR) is 118 cm³/mol. The Labute approximate surface area is 183 Å². The third-order valence-corrected chi connectivity index (χ3v) is 7.24. The van der Waals surface area contributed by atoms with E-state index >= 15 is 0 Å². The van der Waals surface area contributed by atoms with Crippen molar-refractivity contribution in [3.63, 3.8) is 0 Å². The van der Waals surface area contributed by atoms with Gasteiger partial charge >= 0.3 is 0 Å². The average Bonchev–Trinajstić information content (AvgIpc) is 2.75. The fourth-order valence-electron chi connectivity index (χ4n) is 3.54. The van der Waals surface area contributed by atoms with Crippen LogP contribution in [0.4, 0.5) is 4.39 Å². The molecular formula is C23H29FN2O4S. The maximum atomic E-state index is 13.0. The molecule has 1 atom stereocenters. The van der Waals surface area contributed by atoms with Gasteiger partial charge in [0.25, 0.3) is 0 Å². The molecule has 1 fully saturated rings. The van der Waals surface area contributed by atoms with E-state index in [-0.39, 0.29) is 23.6 Å². The van der Waals surface area contributed by atoms with E-state index in [9.17, 15) is 17.6 Å². The molecule has 1 amide bonds. The molecule has 0 saturated carbocycles. The smallest absolute Gasteiger partial charge is 0.223 e. The van der Waals surface area contributed by atoms with Gasteiger partial charge in [0.2, 0.25) is 15.9 Å². The number of benzene rings is 2. The monoisotopic (exact) mass is 448 g/mol. The Hall–Kier alpha value is -2.45. The highest BCUT2D eigenvalue weighted by Gasteiger charge is 2.31. The molecule has 2 aromatic rings. The minimum Gasteiger partial charge on any atom is -0.491 e. The number of hydrogen-bond acceptors (Lipinski definition) is 4. The van der Waals surface area contributed by atoms with Gasteiger partial charge in [0.1, 0.15) is 18.2 Å². The second-order valence-corrected chi connectivity index (χ2v) is 10.1. The zero-order valence-electron chi connectivity index (χ0n) is 17.9. The van der Waals surface area contributed by atoms with Crippen molar-refractivity contribution >= 4 is 15.9 Å². The molecule has 0 aliphatic carbocycles. The van der Waals surface area contributed by atoms with Crippen molar-refractivity contribution in [2.24, 2.45) is 5.92 Å². The summed E-state index contributed by atoms with van der Waals surface area (Å²) >= 11 is 0. The zero-order valence-corrected chi connectivity index (χ0v) is 18.7. The largest absolute Gasteiger partial charge is 0.491 e. The van der Waals surface area contributed by atoms with Crippen molar-refractivity contribution in [2.75, 3.05) is 19.7 Å². The van der Waals surface area contributed by atoms with Crippen LogP contribution in [0, 0.1) is 18.7 Å². The number of carbonyl (C=O) groups is 1. The van der Waals surface area contributed by atoms with Gasteiger partial charge in [0.05, 0.1) is 11.8 Å². The second-order valence-electron chi connectivity index (χ2n) is 8.09. The highest BCUT2D eigenvalue weighted by Crippen LogP contribution is 2.22. The van der Waals surface area contributed by atoms with Gasteiger partial charge in [-0.05, 0) is 56.5 Å². The number of hydrogen-bond donors (Lipinski definition) is 1. The molecular weight excluding hydrogens is 419 g/mol. The van der Waals surface area contributed by atoms with Crippen LogP contribution in [0.15, 0.2) is 48.5 Å². The first-order chi connectivity index (χ1) is 14.7. The van der Waals surface area contributed by atoms with E-state index in [1.165, 1.54) is 28.6 Å². The lowest BCUT2D eigenvalue weighted by Gasteiger charge is -2.31. The SMILES string of the molecule is Cc1ccc(OC[C@H](C)NC(=O)C2CCN(S(=O)(=O)Cc3ccc(F)cc3)CC2)cc1. The number of nitrogens with zero attached hydrogens (tertiary/aromatic N) is 1. The summed E-state index contributed by atoms with van der Waals surface area (Å²) in [7, 11) is -3.50. The highest BCUT2D eigenvalue weighted by molar-refractivity contribution is 7.88. The Kier molecular flexibility index (Phi) is 7.67. The van der Waals surface area contributed by atoms with E-state index in [4.69, 9.17) is 4.74 Å². The number of halogens is 1. The highest BCUT2D eigenvalue weighted by atomic mass is 32.2. The van der Waals surface area contributed by atoms with Gasteiger partial charge in [-0.2, -0.15) is 0 Å². The molecule has 0 aromatic heterocycles. The van der Waals surface area contributed by atoms with Gasteiger partial charge < -0.3 is 10.1 Å². The molecule has 0 unspecified atom stereocenters. The molecule has 0 radical (unpaired) electrons. The van der Waals surface area contributed by atoms with Crippen molar-refractivity contribution in [3.05, 3.63) is 65.5 Å². The summed E-state index contributed by atoms with van der Waals surface area (Å²) in [4.78, 5) is 12.6. The Morgan fingerprint density at radius 1 is 1.13 bits per heavy atom. The Morgan fingerprint density at radius 2 is 1.74 bits per heavy atom. The maximum absolute atomic E-state index is 13.0. The Balaban J connectivity index is 1.44. The molecule has 168 valence electrons. The second kappa shape index (κ2) is 10.2. The number of amides is 1. The lowest BCUT2D eigenvalue weighted by atomic mass is 9.97. The molecule has 1 N–H and O–H groups in total. The minimum absolute atomic E-state index is 0.0735. The summed E-state index contributed by atoms with van der Waals surface area (Å²) in [5, 5.41) is 2.96. The zero-order chi connectivity index (χ0) is 22.4. The van der Waals surface area contributed by atoms with Gasteiger partial charge in [0, 0.05) is 19.0 Å². The van der Waals surface area contributed by atoms with E-state index < -0.39 is 15.8 Å². The summed E-state index contributed by atoms with van der Waals surface area (Å²) in [6.45, 7) is 4.85. The van der Waals surface area contributed by atoms with Gasteiger partial charge in [-0.15, -0.1) is 0 Å². The third-order valence-electron chi connectivity index (χ3n) is 5.39. The number of aryl methyl sites for hydroxylation is 1. The van der Waals surface area contributed by atoms with Crippen molar-refractivity contribution in [1.82, 2.24) is 9.62 Å². The molecule has 0 spiro atoms. The number of sulfonamides is 1. The van der Waals surface area contributed by atoms with Gasteiger partial charge in [-0.1, -0.05) is 29.8 Å². The lowest BCUT2D eigenvalue weighted by Crippen LogP contribution is -2.46. The Bertz CT molecular complexity index is 970. The average molecular weight is 449 g/mol. The van der Waals surface area contributed by atoms with Crippen LogP contribution in [0.1, 0.15) is 30.9 Å². The fourth-order valence-corrected chi connectivity index (χ4v) is 5.10. The number of nitrogens with one attached hydrogen (secondary N) is 1. The molecule has 6 nitrogen and oxygen atoms in total. The quantitative estimate of drug-likeness (QED) is 0.673. The van der Waals surface area contributed by atoms with Crippen LogP contribution in [0.25, 0.3) is 0 Å². The topological polar surface area (TPSA) is 75.7 Å². The molecule has 1 saturated heterocycles. The predicted octanol–water partition coefficient (Wildman–Crippen LogP) is 3.26. The maximum Gasteiger partial charge on any atom is 0.223 e. The first kappa shape index (κ1) is 23.2. The van der Waals surface area contributed by atoms with E-state index in [2.05, 4.69) is 5.32 Å². The minimum atomic E-state index is -3.50. The number of piperidine rings is 1. The summed E-state index contributed by atoms with van der Waals surface area (Å²) in [6, 6.07) is 13.0. The number of rotatable bonds is 8. The van der Waals surface area contributed by atoms with Crippen molar-refractivity contribution in [2.45, 2.75) is 38.5 Å². The van der Waals surface area contributed by atoms with Gasteiger partial charge in [-0.3, -0.25) is 4.79 Å². The summed E-state index contributed by atoms with van der Waals surface area (Å²) < 4.78 is 45.5. The van der Waals surface area contributed by atoms with Gasteiger partial charge in [0.15, 0.2) is 0 Å². The molecule has 31 heavy (non-hydrogen) atoms. The van der Waals surface area contributed by atoms with Crippen LogP contribution in [0.3, 0.4) is 0 Å². The third kappa shape index (κ3) is 6.77. The van der Waals surface area contributed by atoms with Crippen LogP contribution in [0.2, 0.25) is 0 Å². The van der Waals surface area contributed by atoms with Crippen molar-refractivity contribution in [3.8, 4) is 5.75 Å². The van der Waals surface area contributed by atoms with E-state index in [1.807, 2.05) is 38.1 Å². The molecule has 1 aliphatic heterocycles. The van der Waals surface area contributed by atoms with Gasteiger partial charge in [-0.25, -0.2) is 17.1 Å². The normalized spacial score (nSPS) is 16.6. The molecule has 1 aliphatic rings. The fraction of sp³-hybridized carbons (Fsp3) is 0.435. The first-order valence-corrected chi connectivity index (χ1v) is 12.1. The summed E-state index contributed by atoms with van der Waals surface area (Å²) in [6.07, 6.45) is 0.944. The Morgan fingerprint density at radius 3 is 2.35 bits per heavy atom. The summed E-state index contributed by atoms with van der Waals surface area (Å²) in [5.74, 6) is -0.107. The summed E-state index contributed by atoms with van der Waals surface area (Å²) in [5.41, 5.74) is 1.70. The van der Waals surface area contributed by atoms with Crippen LogP contribution in [-0.4, -0.2) is 44.4 Å². The molecule has 3 rings (SSSR count). The van der Waals surface area contributed by atoms with Crippen molar-refractivity contribution < 1.29 is 22.3 Å². The van der Waals surface area contributed by atoms with Crippen LogP contribution in [0.5, 0.6) is 5.75 Å². The van der Waals surface area contributed by atoms with Crippen molar-refractivity contribution in [1.29, 1.82) is 0 Å². The molecule has 8 heteroatoms. The van der Waals surface area contributed by atoms with E-state index in [1.54, 1.807) is 0 Å². The number of carbonyl (C=O) groups excluding carboxylic acids is 1. The molecule has 2 aromatic carbocycles. The van der Waals surface area contributed by atoms with Crippen LogP contribution < -0.4 is 10.1 Å².